The first kappa shape index (κ1) is 10.7. The molecule has 2 aromatic heterocycles. The van der Waals surface area contributed by atoms with Crippen molar-refractivity contribution < 1.29 is 0 Å². The molecule has 0 aliphatic carbocycles. The van der Waals surface area contributed by atoms with Crippen molar-refractivity contribution in [2.45, 2.75) is 17.1 Å². The molecule has 82 valence electrons. The smallest absolute Gasteiger partial charge is 0.251 e. The van der Waals surface area contributed by atoms with E-state index in [1.54, 1.807) is 25.3 Å². The van der Waals surface area contributed by atoms with Crippen molar-refractivity contribution >= 4 is 17.4 Å². The molecular formula is C10H10N4OS. The molecule has 3 N–H and O–H groups in total. The van der Waals surface area contributed by atoms with Gasteiger partial charge in [0.1, 0.15) is 5.03 Å². The molecule has 16 heavy (non-hydrogen) atoms. The summed E-state index contributed by atoms with van der Waals surface area (Å²) in [5.41, 5.74) is 6.80. The number of aromatic nitrogens is 3. The van der Waals surface area contributed by atoms with Gasteiger partial charge in [0.05, 0.1) is 5.69 Å². The predicted molar refractivity (Wildman–Crippen MR) is 62.4 cm³/mol. The second-order valence-electron chi connectivity index (χ2n) is 3.19. The normalized spacial score (nSPS) is 10.3. The van der Waals surface area contributed by atoms with Gasteiger partial charge in [0.25, 0.3) is 5.56 Å². The van der Waals surface area contributed by atoms with Crippen molar-refractivity contribution in [1.29, 1.82) is 0 Å². The maximum atomic E-state index is 11.2. The zero-order valence-corrected chi connectivity index (χ0v) is 9.41. The number of H-pyrrole nitrogens is 1. The van der Waals surface area contributed by atoms with Gasteiger partial charge in [0, 0.05) is 18.0 Å². The lowest BCUT2D eigenvalue weighted by Crippen LogP contribution is -2.08. The zero-order chi connectivity index (χ0) is 11.5. The van der Waals surface area contributed by atoms with E-state index in [-0.39, 0.29) is 5.56 Å². The van der Waals surface area contributed by atoms with Gasteiger partial charge in [-0.25, -0.2) is 9.97 Å². The molecule has 0 spiro atoms. The molecule has 2 rings (SSSR count). The molecule has 0 bridgehead atoms. The summed E-state index contributed by atoms with van der Waals surface area (Å²) in [4.78, 5) is 22.1. The predicted octanol–water partition coefficient (Wildman–Crippen LogP) is 1.21. The van der Waals surface area contributed by atoms with Crippen LogP contribution in [0.4, 0.5) is 5.69 Å². The molecule has 0 saturated heterocycles. The largest absolute Gasteiger partial charge is 0.397 e. The van der Waals surface area contributed by atoms with Crippen LogP contribution in [0.1, 0.15) is 5.69 Å². The Balaban J connectivity index is 2.34. The Morgan fingerprint density at radius 1 is 1.50 bits per heavy atom. The van der Waals surface area contributed by atoms with E-state index in [0.717, 1.165) is 0 Å². The van der Waals surface area contributed by atoms with Gasteiger partial charge < -0.3 is 10.7 Å². The Kier molecular flexibility index (Phi) is 2.91. The molecule has 0 aromatic carbocycles. The number of nitrogens with two attached hydrogens (primary N) is 1. The zero-order valence-electron chi connectivity index (χ0n) is 8.60. The van der Waals surface area contributed by atoms with E-state index in [1.165, 1.54) is 17.8 Å². The minimum Gasteiger partial charge on any atom is -0.397 e. The molecule has 0 radical (unpaired) electrons. The fraction of sp³-hybridized carbons (Fsp3) is 0.100. The summed E-state index contributed by atoms with van der Waals surface area (Å²) in [5, 5.41) is 1.13. The SMILES string of the molecule is Cc1cc(=O)[nH]c(Sc2ncccc2N)n1. The summed E-state index contributed by atoms with van der Waals surface area (Å²) in [5.74, 6) is 0. The van der Waals surface area contributed by atoms with Crippen LogP contribution in [0.15, 0.2) is 39.4 Å². The summed E-state index contributed by atoms with van der Waals surface area (Å²) in [6.07, 6.45) is 1.65. The average Bonchev–Trinajstić information content (AvgIpc) is 2.20. The summed E-state index contributed by atoms with van der Waals surface area (Å²) in [7, 11) is 0. The number of anilines is 1. The van der Waals surface area contributed by atoms with Crippen LogP contribution in [0.25, 0.3) is 0 Å². The van der Waals surface area contributed by atoms with Gasteiger partial charge in [-0.1, -0.05) is 0 Å². The van der Waals surface area contributed by atoms with Crippen molar-refractivity contribution in [2.24, 2.45) is 0 Å². The van der Waals surface area contributed by atoms with Crippen molar-refractivity contribution in [3.05, 3.63) is 40.4 Å². The number of nitrogens with zero attached hydrogens (tertiary/aromatic N) is 2. The number of hydrogen-bond donors (Lipinski definition) is 2. The highest BCUT2D eigenvalue weighted by Crippen LogP contribution is 2.26. The second-order valence-corrected chi connectivity index (χ2v) is 4.17. The minimum atomic E-state index is -0.176. The van der Waals surface area contributed by atoms with Crippen molar-refractivity contribution in [3.8, 4) is 0 Å². The second kappa shape index (κ2) is 4.36. The van der Waals surface area contributed by atoms with Crippen LogP contribution in [0, 0.1) is 6.92 Å². The third-order valence-corrected chi connectivity index (χ3v) is 2.76. The van der Waals surface area contributed by atoms with E-state index in [4.69, 9.17) is 5.73 Å². The molecule has 0 saturated carbocycles. The number of aromatic amines is 1. The van der Waals surface area contributed by atoms with Crippen LogP contribution in [-0.4, -0.2) is 15.0 Å². The molecule has 0 aliphatic heterocycles. The number of nitrogen functional groups attached to an aromatic ring is 1. The molecular weight excluding hydrogens is 224 g/mol. The van der Waals surface area contributed by atoms with E-state index in [0.29, 0.717) is 21.6 Å². The van der Waals surface area contributed by atoms with Gasteiger partial charge in [-0.05, 0) is 30.8 Å². The van der Waals surface area contributed by atoms with Crippen LogP contribution in [0.3, 0.4) is 0 Å². The van der Waals surface area contributed by atoms with E-state index in [9.17, 15) is 4.79 Å². The van der Waals surface area contributed by atoms with Gasteiger partial charge in [-0.15, -0.1) is 0 Å². The molecule has 0 unspecified atom stereocenters. The lowest BCUT2D eigenvalue weighted by atomic mass is 10.4. The maximum absolute atomic E-state index is 11.2. The quantitative estimate of drug-likeness (QED) is 0.763. The molecule has 6 heteroatoms. The Morgan fingerprint density at radius 3 is 3.00 bits per heavy atom. The highest BCUT2D eigenvalue weighted by molar-refractivity contribution is 7.99. The van der Waals surface area contributed by atoms with Crippen LogP contribution >= 0.6 is 11.8 Å². The molecule has 0 amide bonds. The Morgan fingerprint density at radius 2 is 2.31 bits per heavy atom. The van der Waals surface area contributed by atoms with Crippen molar-refractivity contribution in [3.63, 3.8) is 0 Å². The summed E-state index contributed by atoms with van der Waals surface area (Å²) in [6, 6.07) is 4.95. The fourth-order valence-corrected chi connectivity index (χ4v) is 2.00. The third kappa shape index (κ3) is 2.40. The van der Waals surface area contributed by atoms with Gasteiger partial charge in [-0.2, -0.15) is 0 Å². The highest BCUT2D eigenvalue weighted by Gasteiger charge is 2.05. The number of hydrogen-bond acceptors (Lipinski definition) is 5. The molecule has 2 aromatic rings. The lowest BCUT2D eigenvalue weighted by molar-refractivity contribution is 0.902. The topological polar surface area (TPSA) is 84.7 Å². The third-order valence-electron chi connectivity index (χ3n) is 1.84. The standard InChI is InChI=1S/C10H10N4OS/c1-6-5-8(15)14-10(13-6)16-9-7(11)3-2-4-12-9/h2-5H,11H2,1H3,(H,13,14,15). The van der Waals surface area contributed by atoms with Crippen molar-refractivity contribution in [2.75, 3.05) is 5.73 Å². The van der Waals surface area contributed by atoms with E-state index in [2.05, 4.69) is 15.0 Å². The molecule has 0 atom stereocenters. The van der Waals surface area contributed by atoms with Gasteiger partial charge >= 0.3 is 0 Å². The summed E-state index contributed by atoms with van der Waals surface area (Å²) >= 11 is 1.24. The lowest BCUT2D eigenvalue weighted by Gasteiger charge is -2.02. The monoisotopic (exact) mass is 234 g/mol. The maximum Gasteiger partial charge on any atom is 0.251 e. The Bertz CT molecular complexity index is 567. The van der Waals surface area contributed by atoms with Crippen LogP contribution < -0.4 is 11.3 Å². The van der Waals surface area contributed by atoms with Crippen LogP contribution in [-0.2, 0) is 0 Å². The van der Waals surface area contributed by atoms with E-state index >= 15 is 0 Å². The molecule has 0 fully saturated rings. The number of pyridine rings is 1. The highest BCUT2D eigenvalue weighted by atomic mass is 32.2. The number of aryl methyl sites for hydroxylation is 1. The van der Waals surface area contributed by atoms with Crippen molar-refractivity contribution in [1.82, 2.24) is 15.0 Å². The summed E-state index contributed by atoms with van der Waals surface area (Å²) < 4.78 is 0. The first-order valence-electron chi connectivity index (χ1n) is 4.61. The van der Waals surface area contributed by atoms with Gasteiger partial charge in [-0.3, -0.25) is 4.79 Å². The van der Waals surface area contributed by atoms with E-state index < -0.39 is 0 Å². The molecule has 5 nitrogen and oxygen atoms in total. The molecule has 0 aliphatic rings. The summed E-state index contributed by atoms with van der Waals surface area (Å²) in [6.45, 7) is 1.76. The first-order valence-corrected chi connectivity index (χ1v) is 5.43. The van der Waals surface area contributed by atoms with E-state index in [1.807, 2.05) is 0 Å². The fourth-order valence-electron chi connectivity index (χ4n) is 1.18. The van der Waals surface area contributed by atoms with Gasteiger partial charge in [0.2, 0.25) is 0 Å². The Hall–Kier alpha value is -1.82. The number of rotatable bonds is 2. The van der Waals surface area contributed by atoms with Gasteiger partial charge in [0.15, 0.2) is 5.16 Å². The van der Waals surface area contributed by atoms with Crippen LogP contribution in [0.5, 0.6) is 0 Å². The molecule has 2 heterocycles. The first-order chi connectivity index (χ1) is 7.65. The Labute approximate surface area is 96.1 Å². The van der Waals surface area contributed by atoms with Crippen LogP contribution in [0.2, 0.25) is 0 Å². The minimum absolute atomic E-state index is 0.176. The average molecular weight is 234 g/mol. The number of nitrogens with one attached hydrogen (secondary N) is 1.